The van der Waals surface area contributed by atoms with E-state index in [1.807, 2.05) is 72.5 Å². The molecule has 1 fully saturated rings. The SMILES string of the molecule is CC#CC1CCCN1C(=O)c1cc(-c2nnc([C@](C)(N)Cc3ccccc3)o2)cc(-c2cccc(SC(C)(C)C)c2C#N)c1. The number of hydrogen-bond acceptors (Lipinski definition) is 7. The lowest BCUT2D eigenvalue weighted by atomic mass is 9.94. The molecule has 2 heterocycles. The van der Waals surface area contributed by atoms with E-state index in [0.29, 0.717) is 35.5 Å². The second-order valence-corrected chi connectivity index (χ2v) is 14.2. The van der Waals surface area contributed by atoms with Crippen LogP contribution in [0, 0.1) is 23.2 Å². The first kappa shape index (κ1) is 31.1. The lowest BCUT2D eigenvalue weighted by molar-refractivity contribution is 0.0766. The summed E-state index contributed by atoms with van der Waals surface area (Å²) in [5.41, 5.74) is 9.89. The highest BCUT2D eigenvalue weighted by atomic mass is 32.2. The monoisotopic (exact) mass is 603 g/mol. The average molecular weight is 604 g/mol. The van der Waals surface area contributed by atoms with Gasteiger partial charge in [-0.2, -0.15) is 5.26 Å². The third-order valence-corrected chi connectivity index (χ3v) is 8.62. The highest BCUT2D eigenvalue weighted by Gasteiger charge is 2.31. The molecule has 0 radical (unpaired) electrons. The molecule has 1 aromatic heterocycles. The second-order valence-electron chi connectivity index (χ2n) is 12.3. The van der Waals surface area contributed by atoms with Crippen LogP contribution in [-0.2, 0) is 12.0 Å². The van der Waals surface area contributed by atoms with Crippen molar-refractivity contribution in [1.29, 1.82) is 5.26 Å². The standard InChI is InChI=1S/C36H37N5O2S/c1-6-12-28-15-11-18-41(28)33(42)27-20-25(29-16-10-17-31(30(29)23-37)44-35(2,3)4)19-26(21-27)32-39-40-34(43-32)36(5,38)22-24-13-8-7-9-14-24/h7-10,13-14,16-17,19-21,28H,11,15,18,22,38H2,1-5H3/t28?,36-/m1/s1. The fourth-order valence-electron chi connectivity index (χ4n) is 5.49. The highest BCUT2D eigenvalue weighted by Crippen LogP contribution is 2.39. The minimum Gasteiger partial charge on any atom is -0.419 e. The van der Waals surface area contributed by atoms with Crippen molar-refractivity contribution < 1.29 is 9.21 Å². The maximum absolute atomic E-state index is 14.0. The van der Waals surface area contributed by atoms with Crippen molar-refractivity contribution in [2.75, 3.05) is 6.54 Å². The van der Waals surface area contributed by atoms with Crippen LogP contribution in [0.3, 0.4) is 0 Å². The van der Waals surface area contributed by atoms with E-state index in [0.717, 1.165) is 34.4 Å². The molecule has 1 aliphatic rings. The largest absolute Gasteiger partial charge is 0.419 e. The third-order valence-electron chi connectivity index (χ3n) is 7.44. The average Bonchev–Trinajstić information content (AvgIpc) is 3.67. The van der Waals surface area contributed by atoms with Crippen LogP contribution in [-0.4, -0.2) is 38.3 Å². The number of thioether (sulfide) groups is 1. The predicted molar refractivity (Wildman–Crippen MR) is 175 cm³/mol. The van der Waals surface area contributed by atoms with Crippen molar-refractivity contribution in [3.05, 3.63) is 89.3 Å². The molecule has 2 atom stereocenters. The Balaban J connectivity index is 1.61. The zero-order valence-electron chi connectivity index (χ0n) is 25.8. The van der Waals surface area contributed by atoms with Gasteiger partial charge in [-0.15, -0.1) is 27.9 Å². The molecule has 3 aromatic carbocycles. The minimum atomic E-state index is -0.906. The van der Waals surface area contributed by atoms with E-state index in [4.69, 9.17) is 10.2 Å². The van der Waals surface area contributed by atoms with E-state index in [1.165, 1.54) is 0 Å². The first-order valence-electron chi connectivity index (χ1n) is 14.8. The predicted octanol–water partition coefficient (Wildman–Crippen LogP) is 7.21. The smallest absolute Gasteiger partial charge is 0.254 e. The molecule has 4 aromatic rings. The topological polar surface area (TPSA) is 109 Å². The molecule has 2 N–H and O–H groups in total. The number of carbonyl (C=O) groups is 1. The molecule has 7 nitrogen and oxygen atoms in total. The number of amides is 1. The summed E-state index contributed by atoms with van der Waals surface area (Å²) in [6.45, 7) is 10.6. The highest BCUT2D eigenvalue weighted by molar-refractivity contribution is 8.00. The molecule has 0 saturated carbocycles. The lowest BCUT2D eigenvalue weighted by Crippen LogP contribution is -2.35. The van der Waals surface area contributed by atoms with Gasteiger partial charge in [0, 0.05) is 32.9 Å². The van der Waals surface area contributed by atoms with Crippen molar-refractivity contribution in [3.63, 3.8) is 0 Å². The minimum absolute atomic E-state index is 0.0902. The number of nitrogens with zero attached hydrogens (tertiary/aromatic N) is 4. The van der Waals surface area contributed by atoms with Crippen LogP contribution in [0.5, 0.6) is 0 Å². The van der Waals surface area contributed by atoms with Crippen molar-refractivity contribution in [2.24, 2.45) is 5.73 Å². The van der Waals surface area contributed by atoms with Crippen LogP contribution in [0.4, 0.5) is 0 Å². The molecule has 1 amide bonds. The Morgan fingerprint density at radius 3 is 2.52 bits per heavy atom. The summed E-state index contributed by atoms with van der Waals surface area (Å²) in [4.78, 5) is 16.7. The maximum atomic E-state index is 14.0. The molecular weight excluding hydrogens is 566 g/mol. The molecule has 8 heteroatoms. The van der Waals surface area contributed by atoms with E-state index in [1.54, 1.807) is 24.8 Å². The Morgan fingerprint density at radius 1 is 1.07 bits per heavy atom. The fraction of sp³-hybridized carbons (Fsp3) is 0.333. The van der Waals surface area contributed by atoms with Gasteiger partial charge < -0.3 is 15.1 Å². The summed E-state index contributed by atoms with van der Waals surface area (Å²) in [6, 6.07) is 23.6. The summed E-state index contributed by atoms with van der Waals surface area (Å²) in [7, 11) is 0. The summed E-state index contributed by atoms with van der Waals surface area (Å²) < 4.78 is 6.11. The first-order chi connectivity index (χ1) is 21.0. The number of nitrogens with two attached hydrogens (primary N) is 1. The molecule has 1 saturated heterocycles. The van der Waals surface area contributed by atoms with Crippen molar-refractivity contribution in [3.8, 4) is 40.5 Å². The van der Waals surface area contributed by atoms with Gasteiger partial charge in [-0.3, -0.25) is 4.79 Å². The molecule has 0 bridgehead atoms. The molecule has 5 rings (SSSR count). The van der Waals surface area contributed by atoms with E-state index >= 15 is 0 Å². The summed E-state index contributed by atoms with van der Waals surface area (Å²) >= 11 is 1.64. The quantitative estimate of drug-likeness (QED) is 0.176. The second kappa shape index (κ2) is 12.7. The van der Waals surface area contributed by atoms with Gasteiger partial charge in [0.25, 0.3) is 5.91 Å². The van der Waals surface area contributed by atoms with Crippen molar-refractivity contribution in [2.45, 2.75) is 75.1 Å². The van der Waals surface area contributed by atoms with Gasteiger partial charge in [0.15, 0.2) is 0 Å². The molecule has 1 unspecified atom stereocenters. The van der Waals surface area contributed by atoms with E-state index in [2.05, 4.69) is 48.9 Å². The van der Waals surface area contributed by atoms with Crippen LogP contribution in [0.15, 0.2) is 76.0 Å². The molecular formula is C36H37N5O2S. The van der Waals surface area contributed by atoms with Gasteiger partial charge in [0.1, 0.15) is 6.07 Å². The Morgan fingerprint density at radius 2 is 1.82 bits per heavy atom. The zero-order chi connectivity index (χ0) is 31.5. The summed E-state index contributed by atoms with van der Waals surface area (Å²) in [5.74, 6) is 6.58. The Kier molecular flexibility index (Phi) is 8.97. The van der Waals surface area contributed by atoms with Gasteiger partial charge >= 0.3 is 0 Å². The van der Waals surface area contributed by atoms with Crippen molar-refractivity contribution >= 4 is 17.7 Å². The third kappa shape index (κ3) is 6.89. The normalized spacial score (nSPS) is 16.1. The van der Waals surface area contributed by atoms with Crippen LogP contribution >= 0.6 is 11.8 Å². The zero-order valence-corrected chi connectivity index (χ0v) is 26.7. The van der Waals surface area contributed by atoms with E-state index in [9.17, 15) is 10.1 Å². The van der Waals surface area contributed by atoms with Gasteiger partial charge in [-0.05, 0) is 68.5 Å². The van der Waals surface area contributed by atoms with Crippen molar-refractivity contribution in [1.82, 2.24) is 15.1 Å². The summed E-state index contributed by atoms with van der Waals surface area (Å²) in [6.07, 6.45) is 2.25. The number of rotatable bonds is 7. The van der Waals surface area contributed by atoms with Crippen LogP contribution in [0.2, 0.25) is 0 Å². The van der Waals surface area contributed by atoms with Gasteiger partial charge in [-0.1, -0.05) is 69.2 Å². The number of carbonyl (C=O) groups excluding carboxylic acids is 1. The number of benzene rings is 3. The lowest BCUT2D eigenvalue weighted by Gasteiger charge is -2.22. The molecule has 44 heavy (non-hydrogen) atoms. The molecule has 0 aliphatic carbocycles. The molecule has 224 valence electrons. The first-order valence-corrected chi connectivity index (χ1v) is 15.6. The van der Waals surface area contributed by atoms with E-state index in [-0.39, 0.29) is 22.6 Å². The summed E-state index contributed by atoms with van der Waals surface area (Å²) in [5, 5.41) is 19.0. The van der Waals surface area contributed by atoms with Gasteiger partial charge in [-0.25, -0.2) is 0 Å². The molecule has 1 aliphatic heterocycles. The number of aromatic nitrogens is 2. The van der Waals surface area contributed by atoms with Crippen LogP contribution in [0.25, 0.3) is 22.6 Å². The maximum Gasteiger partial charge on any atom is 0.254 e. The number of likely N-dealkylation sites (tertiary alicyclic amines) is 1. The van der Waals surface area contributed by atoms with Gasteiger partial charge in [0.05, 0.1) is 17.1 Å². The molecule has 0 spiro atoms. The Labute approximate surface area is 263 Å². The van der Waals surface area contributed by atoms with Crippen LogP contribution < -0.4 is 5.73 Å². The fourth-order valence-corrected chi connectivity index (χ4v) is 6.55. The number of hydrogen-bond donors (Lipinski definition) is 1. The van der Waals surface area contributed by atoms with Crippen LogP contribution in [0.1, 0.15) is 74.8 Å². The van der Waals surface area contributed by atoms with Gasteiger partial charge in [0.2, 0.25) is 11.8 Å². The Hall–Kier alpha value is -4.37. The number of nitriles is 1. The Bertz CT molecular complexity index is 1770. The van der Waals surface area contributed by atoms with E-state index < -0.39 is 5.54 Å².